The summed E-state index contributed by atoms with van der Waals surface area (Å²) >= 11 is 7.76. The van der Waals surface area contributed by atoms with Crippen molar-refractivity contribution in [2.75, 3.05) is 0 Å². The van der Waals surface area contributed by atoms with Crippen LogP contribution in [-0.2, 0) is 11.2 Å². The van der Waals surface area contributed by atoms with E-state index in [2.05, 4.69) is 10.6 Å². The third-order valence-corrected chi connectivity index (χ3v) is 4.70. The highest BCUT2D eigenvalue weighted by Crippen LogP contribution is 2.37. The molecular weight excluding hydrogens is 280 g/mol. The summed E-state index contributed by atoms with van der Waals surface area (Å²) < 4.78 is 0.845. The zero-order valence-electron chi connectivity index (χ0n) is 11.6. The van der Waals surface area contributed by atoms with Crippen molar-refractivity contribution >= 4 is 28.8 Å². The first-order chi connectivity index (χ1) is 8.97. The molecule has 5 heteroatoms. The zero-order valence-corrected chi connectivity index (χ0v) is 13.2. The standard InChI is InChI=1S/C14H21ClN2OS/c1-8(2)16-14(18)9(3)17-11-5-4-6-12-10(11)7-13(15)19-12/h7-9,11,17H,4-6H2,1-3H3,(H,16,18). The van der Waals surface area contributed by atoms with E-state index in [0.29, 0.717) is 0 Å². The van der Waals surface area contributed by atoms with Crippen LogP contribution in [0.2, 0.25) is 4.34 Å². The SMILES string of the molecule is CC(C)NC(=O)C(C)NC1CCCc2sc(Cl)cc21. The predicted octanol–water partition coefficient (Wildman–Crippen LogP) is 3.28. The molecule has 2 rings (SSSR count). The van der Waals surface area contributed by atoms with Gasteiger partial charge in [-0.25, -0.2) is 0 Å². The molecule has 0 saturated heterocycles. The third kappa shape index (κ3) is 3.71. The second-order valence-corrected chi connectivity index (χ2v) is 7.19. The average Bonchev–Trinajstić information content (AvgIpc) is 2.69. The van der Waals surface area contributed by atoms with E-state index in [1.54, 1.807) is 11.3 Å². The van der Waals surface area contributed by atoms with Crippen LogP contribution in [-0.4, -0.2) is 18.0 Å². The predicted molar refractivity (Wildman–Crippen MR) is 80.9 cm³/mol. The quantitative estimate of drug-likeness (QED) is 0.896. The average molecular weight is 301 g/mol. The van der Waals surface area contributed by atoms with Crippen LogP contribution >= 0.6 is 22.9 Å². The lowest BCUT2D eigenvalue weighted by atomic mass is 9.93. The Hall–Kier alpha value is -0.580. The molecule has 1 aliphatic rings. The molecule has 2 unspecified atom stereocenters. The number of carbonyl (C=O) groups is 1. The number of thiophene rings is 1. The fourth-order valence-electron chi connectivity index (χ4n) is 2.48. The summed E-state index contributed by atoms with van der Waals surface area (Å²) in [6, 6.07) is 2.29. The molecule has 1 aromatic heterocycles. The summed E-state index contributed by atoms with van der Waals surface area (Å²) in [5.74, 6) is 0.0588. The van der Waals surface area contributed by atoms with Crippen molar-refractivity contribution < 1.29 is 4.79 Å². The molecule has 0 saturated carbocycles. The Labute approximate surface area is 123 Å². The van der Waals surface area contributed by atoms with Crippen LogP contribution in [0.5, 0.6) is 0 Å². The lowest BCUT2D eigenvalue weighted by Gasteiger charge is -2.27. The maximum absolute atomic E-state index is 11.9. The van der Waals surface area contributed by atoms with Gasteiger partial charge in [0.2, 0.25) is 5.91 Å². The van der Waals surface area contributed by atoms with E-state index in [1.165, 1.54) is 10.4 Å². The summed E-state index contributed by atoms with van der Waals surface area (Å²) in [5, 5.41) is 6.37. The summed E-state index contributed by atoms with van der Waals surface area (Å²) in [4.78, 5) is 13.3. The fourth-order valence-corrected chi connectivity index (χ4v) is 3.87. The molecule has 2 atom stereocenters. The fraction of sp³-hybridized carbons (Fsp3) is 0.643. The molecule has 1 heterocycles. The van der Waals surface area contributed by atoms with Gasteiger partial charge in [0.15, 0.2) is 0 Å². The summed E-state index contributed by atoms with van der Waals surface area (Å²) in [6.45, 7) is 5.87. The van der Waals surface area contributed by atoms with Crippen molar-refractivity contribution in [2.24, 2.45) is 0 Å². The van der Waals surface area contributed by atoms with E-state index in [9.17, 15) is 4.79 Å². The number of aryl methyl sites for hydroxylation is 1. The molecule has 3 nitrogen and oxygen atoms in total. The lowest BCUT2D eigenvalue weighted by Crippen LogP contribution is -2.46. The van der Waals surface area contributed by atoms with E-state index >= 15 is 0 Å². The van der Waals surface area contributed by atoms with Crippen LogP contribution in [0.1, 0.15) is 50.1 Å². The van der Waals surface area contributed by atoms with Gasteiger partial charge in [0, 0.05) is 17.0 Å². The zero-order chi connectivity index (χ0) is 14.0. The van der Waals surface area contributed by atoms with Crippen LogP contribution in [0.4, 0.5) is 0 Å². The monoisotopic (exact) mass is 300 g/mol. The maximum atomic E-state index is 11.9. The molecule has 106 valence electrons. The molecule has 0 radical (unpaired) electrons. The minimum absolute atomic E-state index is 0.0588. The van der Waals surface area contributed by atoms with Gasteiger partial charge in [0.1, 0.15) is 0 Å². The Morgan fingerprint density at radius 2 is 2.21 bits per heavy atom. The molecule has 0 spiro atoms. The number of fused-ring (bicyclic) bond motifs is 1. The minimum Gasteiger partial charge on any atom is -0.353 e. The van der Waals surface area contributed by atoms with Crippen LogP contribution < -0.4 is 10.6 Å². The number of halogens is 1. The Morgan fingerprint density at radius 3 is 2.89 bits per heavy atom. The molecule has 0 bridgehead atoms. The molecule has 1 aliphatic carbocycles. The van der Waals surface area contributed by atoms with Crippen molar-refractivity contribution in [2.45, 2.75) is 58.2 Å². The van der Waals surface area contributed by atoms with Gasteiger partial charge in [-0.05, 0) is 51.7 Å². The van der Waals surface area contributed by atoms with Gasteiger partial charge in [-0.15, -0.1) is 11.3 Å². The van der Waals surface area contributed by atoms with E-state index in [4.69, 9.17) is 11.6 Å². The van der Waals surface area contributed by atoms with Crippen molar-refractivity contribution in [3.8, 4) is 0 Å². The van der Waals surface area contributed by atoms with E-state index in [1.807, 2.05) is 26.8 Å². The highest BCUT2D eigenvalue weighted by atomic mass is 35.5. The van der Waals surface area contributed by atoms with Gasteiger partial charge < -0.3 is 5.32 Å². The second-order valence-electron chi connectivity index (χ2n) is 5.43. The van der Waals surface area contributed by atoms with Gasteiger partial charge in [-0.1, -0.05) is 11.6 Å². The van der Waals surface area contributed by atoms with Gasteiger partial charge in [-0.2, -0.15) is 0 Å². The van der Waals surface area contributed by atoms with Crippen molar-refractivity contribution in [3.05, 3.63) is 20.8 Å². The number of hydrogen-bond donors (Lipinski definition) is 2. The van der Waals surface area contributed by atoms with Crippen molar-refractivity contribution in [1.82, 2.24) is 10.6 Å². The van der Waals surface area contributed by atoms with Gasteiger partial charge in [-0.3, -0.25) is 10.1 Å². The molecule has 19 heavy (non-hydrogen) atoms. The maximum Gasteiger partial charge on any atom is 0.237 e. The highest BCUT2D eigenvalue weighted by Gasteiger charge is 2.25. The molecule has 1 amide bonds. The first kappa shape index (κ1) is 14.8. The first-order valence-electron chi connectivity index (χ1n) is 6.82. The van der Waals surface area contributed by atoms with Crippen molar-refractivity contribution in [1.29, 1.82) is 0 Å². The summed E-state index contributed by atoms with van der Waals surface area (Å²) in [5.41, 5.74) is 1.28. The number of nitrogens with one attached hydrogen (secondary N) is 2. The smallest absolute Gasteiger partial charge is 0.237 e. The lowest BCUT2D eigenvalue weighted by molar-refractivity contribution is -0.123. The normalized spacial score (nSPS) is 20.2. The van der Waals surface area contributed by atoms with Gasteiger partial charge >= 0.3 is 0 Å². The highest BCUT2D eigenvalue weighted by molar-refractivity contribution is 7.16. The number of carbonyl (C=O) groups excluding carboxylic acids is 1. The van der Waals surface area contributed by atoms with Crippen LogP contribution in [0, 0.1) is 0 Å². The molecule has 0 aliphatic heterocycles. The van der Waals surface area contributed by atoms with Crippen LogP contribution in [0.3, 0.4) is 0 Å². The second kappa shape index (κ2) is 6.25. The molecule has 0 aromatic carbocycles. The van der Waals surface area contributed by atoms with E-state index in [-0.39, 0.29) is 24.0 Å². The Morgan fingerprint density at radius 1 is 1.47 bits per heavy atom. The van der Waals surface area contributed by atoms with E-state index < -0.39 is 0 Å². The van der Waals surface area contributed by atoms with Crippen molar-refractivity contribution in [3.63, 3.8) is 0 Å². The van der Waals surface area contributed by atoms with Gasteiger partial charge in [0.25, 0.3) is 0 Å². The summed E-state index contributed by atoms with van der Waals surface area (Å²) in [6.07, 6.45) is 3.33. The molecular formula is C14H21ClN2OS. The Kier molecular flexibility index (Phi) is 4.87. The first-order valence-corrected chi connectivity index (χ1v) is 8.01. The topological polar surface area (TPSA) is 41.1 Å². The molecule has 2 N–H and O–H groups in total. The van der Waals surface area contributed by atoms with Gasteiger partial charge in [0.05, 0.1) is 10.4 Å². The number of rotatable bonds is 4. The molecule has 0 fully saturated rings. The van der Waals surface area contributed by atoms with Crippen LogP contribution in [0.25, 0.3) is 0 Å². The summed E-state index contributed by atoms with van der Waals surface area (Å²) in [7, 11) is 0. The minimum atomic E-state index is -0.183. The molecule has 1 aromatic rings. The third-order valence-electron chi connectivity index (χ3n) is 3.36. The number of hydrogen-bond acceptors (Lipinski definition) is 3. The largest absolute Gasteiger partial charge is 0.353 e. The Bertz CT molecular complexity index is 458. The van der Waals surface area contributed by atoms with E-state index in [0.717, 1.165) is 23.6 Å². The Balaban J connectivity index is 2.02. The van der Waals surface area contributed by atoms with Crippen LogP contribution in [0.15, 0.2) is 6.07 Å². The number of amides is 1.